The molecule has 3 nitrogen and oxygen atoms in total. The van der Waals surface area contributed by atoms with Crippen molar-refractivity contribution in [1.82, 2.24) is 9.97 Å². The molecular weight excluding hydrogens is 164 g/mol. The number of unbranched alkanes of at least 4 members (excludes halogenated alkanes) is 4. The van der Waals surface area contributed by atoms with Crippen molar-refractivity contribution in [2.75, 3.05) is 0 Å². The number of hydrogen-bond acceptors (Lipinski definition) is 1. The van der Waals surface area contributed by atoms with Gasteiger partial charge in [0.05, 0.1) is 0 Å². The molecule has 0 aliphatic heterocycles. The van der Waals surface area contributed by atoms with Crippen LogP contribution in [0.1, 0.15) is 44.7 Å². The van der Waals surface area contributed by atoms with Crippen LogP contribution in [0.3, 0.4) is 0 Å². The Morgan fingerprint density at radius 1 is 1.23 bits per heavy atom. The third-order valence-corrected chi connectivity index (χ3v) is 2.20. The second kappa shape index (κ2) is 5.62. The van der Waals surface area contributed by atoms with E-state index in [1.54, 1.807) is 6.20 Å². The van der Waals surface area contributed by atoms with E-state index in [2.05, 4.69) is 16.9 Å². The van der Waals surface area contributed by atoms with Crippen LogP contribution in [0.25, 0.3) is 0 Å². The minimum atomic E-state index is -0.0939. The molecule has 0 unspecified atom stereocenters. The lowest BCUT2D eigenvalue weighted by molar-refractivity contribution is 0.629. The number of imidazole rings is 1. The molecule has 0 aromatic carbocycles. The van der Waals surface area contributed by atoms with E-state index in [9.17, 15) is 4.79 Å². The first-order valence-electron chi connectivity index (χ1n) is 5.09. The van der Waals surface area contributed by atoms with Gasteiger partial charge < -0.3 is 9.97 Å². The maximum absolute atomic E-state index is 10.7. The summed E-state index contributed by atoms with van der Waals surface area (Å²) in [6.45, 7) is 2.21. The molecule has 0 radical (unpaired) electrons. The fourth-order valence-corrected chi connectivity index (χ4v) is 1.42. The van der Waals surface area contributed by atoms with Crippen LogP contribution >= 0.6 is 0 Å². The Labute approximate surface area is 78.6 Å². The minimum absolute atomic E-state index is 0.0939. The minimum Gasteiger partial charge on any atom is -0.313 e. The van der Waals surface area contributed by atoms with E-state index >= 15 is 0 Å². The van der Waals surface area contributed by atoms with Crippen LogP contribution in [0.5, 0.6) is 0 Å². The van der Waals surface area contributed by atoms with Gasteiger partial charge in [-0.25, -0.2) is 4.79 Å². The fraction of sp³-hybridized carbons (Fsp3) is 0.700. The largest absolute Gasteiger partial charge is 0.323 e. The molecule has 1 aromatic heterocycles. The lowest BCUT2D eigenvalue weighted by atomic mass is 10.1. The van der Waals surface area contributed by atoms with Gasteiger partial charge in [0, 0.05) is 11.9 Å². The maximum Gasteiger partial charge on any atom is 0.323 e. The second-order valence-electron chi connectivity index (χ2n) is 3.43. The van der Waals surface area contributed by atoms with Gasteiger partial charge in [-0.15, -0.1) is 0 Å². The van der Waals surface area contributed by atoms with E-state index in [0.717, 1.165) is 12.1 Å². The summed E-state index contributed by atoms with van der Waals surface area (Å²) in [5, 5.41) is 0. The van der Waals surface area contributed by atoms with Crippen LogP contribution in [0, 0.1) is 0 Å². The lowest BCUT2D eigenvalue weighted by Gasteiger charge is -1.97. The molecule has 0 amide bonds. The van der Waals surface area contributed by atoms with Gasteiger partial charge in [-0.05, 0) is 12.8 Å². The summed E-state index contributed by atoms with van der Waals surface area (Å²) in [5.41, 5.74) is 0.935. The Hall–Kier alpha value is -0.990. The Bertz CT molecular complexity index is 274. The van der Waals surface area contributed by atoms with Gasteiger partial charge >= 0.3 is 5.69 Å². The fourth-order valence-electron chi connectivity index (χ4n) is 1.42. The summed E-state index contributed by atoms with van der Waals surface area (Å²) < 4.78 is 0. The highest BCUT2D eigenvalue weighted by Gasteiger charge is 1.95. The first-order valence-corrected chi connectivity index (χ1v) is 5.09. The van der Waals surface area contributed by atoms with Gasteiger partial charge in [0.15, 0.2) is 0 Å². The first-order chi connectivity index (χ1) is 6.33. The average Bonchev–Trinajstić information content (AvgIpc) is 2.51. The van der Waals surface area contributed by atoms with Crippen LogP contribution in [-0.4, -0.2) is 9.97 Å². The normalized spacial score (nSPS) is 10.5. The van der Waals surface area contributed by atoms with Gasteiger partial charge in [-0.1, -0.05) is 32.6 Å². The molecule has 0 atom stereocenters. The maximum atomic E-state index is 10.7. The van der Waals surface area contributed by atoms with Gasteiger partial charge in [0.25, 0.3) is 0 Å². The zero-order valence-electron chi connectivity index (χ0n) is 8.23. The Balaban J connectivity index is 2.09. The van der Waals surface area contributed by atoms with Crippen LogP contribution in [-0.2, 0) is 6.42 Å². The highest BCUT2D eigenvalue weighted by Crippen LogP contribution is 2.05. The van der Waals surface area contributed by atoms with Crippen LogP contribution in [0.2, 0.25) is 0 Å². The molecule has 13 heavy (non-hydrogen) atoms. The summed E-state index contributed by atoms with van der Waals surface area (Å²) in [5.74, 6) is 0. The van der Waals surface area contributed by atoms with Crippen molar-refractivity contribution in [2.24, 2.45) is 0 Å². The topological polar surface area (TPSA) is 48.6 Å². The molecular formula is C10H18N2O. The van der Waals surface area contributed by atoms with Crippen LogP contribution < -0.4 is 5.69 Å². The van der Waals surface area contributed by atoms with Gasteiger partial charge in [-0.2, -0.15) is 0 Å². The van der Waals surface area contributed by atoms with Crippen molar-refractivity contribution >= 4 is 0 Å². The molecule has 1 rings (SSSR count). The molecule has 1 aromatic rings. The molecule has 3 heteroatoms. The average molecular weight is 182 g/mol. The number of hydrogen-bond donors (Lipinski definition) is 2. The number of aromatic nitrogens is 2. The van der Waals surface area contributed by atoms with Gasteiger partial charge in [0.2, 0.25) is 0 Å². The molecule has 74 valence electrons. The van der Waals surface area contributed by atoms with Gasteiger partial charge in [0.1, 0.15) is 0 Å². The second-order valence-corrected chi connectivity index (χ2v) is 3.43. The van der Waals surface area contributed by atoms with Crippen molar-refractivity contribution < 1.29 is 0 Å². The summed E-state index contributed by atoms with van der Waals surface area (Å²) in [4.78, 5) is 16.1. The van der Waals surface area contributed by atoms with Crippen molar-refractivity contribution in [1.29, 1.82) is 0 Å². The number of aryl methyl sites for hydroxylation is 1. The molecule has 0 aliphatic carbocycles. The van der Waals surface area contributed by atoms with E-state index in [0.29, 0.717) is 0 Å². The Morgan fingerprint density at radius 3 is 2.62 bits per heavy atom. The zero-order chi connectivity index (χ0) is 9.52. The lowest BCUT2D eigenvalue weighted by Crippen LogP contribution is -2.01. The monoisotopic (exact) mass is 182 g/mol. The summed E-state index contributed by atoms with van der Waals surface area (Å²) in [6.07, 6.45) is 9.11. The molecule has 0 saturated heterocycles. The van der Waals surface area contributed by atoms with Crippen LogP contribution in [0.4, 0.5) is 0 Å². The molecule has 0 bridgehead atoms. The van der Waals surface area contributed by atoms with Crippen molar-refractivity contribution in [3.8, 4) is 0 Å². The van der Waals surface area contributed by atoms with E-state index < -0.39 is 0 Å². The molecule has 0 aliphatic rings. The van der Waals surface area contributed by atoms with E-state index in [4.69, 9.17) is 0 Å². The van der Waals surface area contributed by atoms with E-state index in [1.807, 2.05) is 0 Å². The summed E-state index contributed by atoms with van der Waals surface area (Å²) in [6, 6.07) is 0. The first kappa shape index (κ1) is 10.1. The Kier molecular flexibility index (Phi) is 4.36. The highest BCUT2D eigenvalue weighted by atomic mass is 16.1. The zero-order valence-corrected chi connectivity index (χ0v) is 8.23. The molecule has 0 spiro atoms. The van der Waals surface area contributed by atoms with Crippen LogP contribution in [0.15, 0.2) is 11.0 Å². The van der Waals surface area contributed by atoms with Gasteiger partial charge in [-0.3, -0.25) is 0 Å². The summed E-state index contributed by atoms with van der Waals surface area (Å²) in [7, 11) is 0. The standard InChI is InChI=1S/C10H18N2O/c1-2-3-4-5-6-7-9-8-11-10(13)12-9/h8H,2-7H2,1H3,(H2,11,12,13). The number of nitrogens with one attached hydrogen (secondary N) is 2. The predicted molar refractivity (Wildman–Crippen MR) is 53.9 cm³/mol. The number of aromatic amines is 2. The SMILES string of the molecule is CCCCCCCc1c[nH]c(=O)[nH]1. The van der Waals surface area contributed by atoms with Crippen molar-refractivity contribution in [2.45, 2.75) is 45.4 Å². The molecule has 0 saturated carbocycles. The third kappa shape index (κ3) is 3.97. The molecule has 0 fully saturated rings. The van der Waals surface area contributed by atoms with E-state index in [1.165, 1.54) is 32.1 Å². The highest BCUT2D eigenvalue weighted by molar-refractivity contribution is 4.94. The van der Waals surface area contributed by atoms with Crippen molar-refractivity contribution in [3.63, 3.8) is 0 Å². The number of rotatable bonds is 6. The molecule has 1 heterocycles. The molecule has 2 N–H and O–H groups in total. The van der Waals surface area contributed by atoms with Crippen molar-refractivity contribution in [3.05, 3.63) is 22.4 Å². The quantitative estimate of drug-likeness (QED) is 0.651. The smallest absolute Gasteiger partial charge is 0.313 e. The summed E-state index contributed by atoms with van der Waals surface area (Å²) >= 11 is 0. The Morgan fingerprint density at radius 2 is 2.00 bits per heavy atom. The third-order valence-electron chi connectivity index (χ3n) is 2.20. The predicted octanol–water partition coefficient (Wildman–Crippen LogP) is 2.22. The number of H-pyrrole nitrogens is 2. The van der Waals surface area contributed by atoms with E-state index in [-0.39, 0.29) is 5.69 Å².